The van der Waals surface area contributed by atoms with Crippen LogP contribution in [0.4, 0.5) is 0 Å². The fourth-order valence-electron chi connectivity index (χ4n) is 3.02. The molecule has 24 heavy (non-hydrogen) atoms. The number of benzene rings is 3. The lowest BCUT2D eigenvalue weighted by atomic mass is 10.1. The monoisotopic (exact) mass is 312 g/mol. The van der Waals surface area contributed by atoms with E-state index in [-0.39, 0.29) is 5.69 Å². The molecule has 3 aromatic carbocycles. The number of nitrogens with zero attached hydrogens (tertiary/aromatic N) is 2. The van der Waals surface area contributed by atoms with E-state index in [1.54, 1.807) is 28.8 Å². The topological polar surface area (TPSA) is 66.0 Å². The Hall–Kier alpha value is -3.58. The Kier molecular flexibility index (Phi) is 3.07. The molecule has 0 aliphatic rings. The van der Waals surface area contributed by atoms with Crippen LogP contribution in [-0.2, 0) is 0 Å². The van der Waals surface area contributed by atoms with E-state index < -0.39 is 5.97 Å². The van der Waals surface area contributed by atoms with E-state index in [9.17, 15) is 9.90 Å². The van der Waals surface area contributed by atoms with Crippen LogP contribution in [0.25, 0.3) is 27.4 Å². The Bertz CT molecular complexity index is 1150. The predicted molar refractivity (Wildman–Crippen MR) is 92.5 cm³/mol. The molecule has 0 radical (unpaired) electrons. The van der Waals surface area contributed by atoms with Gasteiger partial charge in [-0.1, -0.05) is 36.4 Å². The molecule has 1 aromatic heterocycles. The second-order valence-electron chi connectivity index (χ2n) is 5.59. The maximum Gasteiger partial charge on any atom is 0.352 e. The SMILES string of the molecule is N#Cc1ccc2cc(C(=O)O)n(-c3ccc4ccccc4c3)c2c1. The summed E-state index contributed by atoms with van der Waals surface area (Å²) in [5, 5.41) is 21.6. The van der Waals surface area contributed by atoms with Crippen molar-refractivity contribution >= 4 is 27.6 Å². The van der Waals surface area contributed by atoms with Gasteiger partial charge in [-0.2, -0.15) is 5.26 Å². The van der Waals surface area contributed by atoms with E-state index in [0.29, 0.717) is 11.1 Å². The number of hydrogen-bond acceptors (Lipinski definition) is 2. The second kappa shape index (κ2) is 5.25. The summed E-state index contributed by atoms with van der Waals surface area (Å²) in [5.41, 5.74) is 2.15. The largest absolute Gasteiger partial charge is 0.477 e. The van der Waals surface area contributed by atoms with Gasteiger partial charge in [0.15, 0.2) is 0 Å². The van der Waals surface area contributed by atoms with Crippen LogP contribution in [0.3, 0.4) is 0 Å². The summed E-state index contributed by atoms with van der Waals surface area (Å²) in [5.74, 6) is -1.00. The smallest absolute Gasteiger partial charge is 0.352 e. The average molecular weight is 312 g/mol. The lowest BCUT2D eigenvalue weighted by Crippen LogP contribution is -2.06. The van der Waals surface area contributed by atoms with Crippen LogP contribution in [-0.4, -0.2) is 15.6 Å². The molecule has 0 unspecified atom stereocenters. The van der Waals surface area contributed by atoms with Crippen LogP contribution in [0, 0.1) is 11.3 Å². The van der Waals surface area contributed by atoms with Crippen LogP contribution in [0.1, 0.15) is 16.1 Å². The zero-order valence-corrected chi connectivity index (χ0v) is 12.6. The summed E-state index contributed by atoms with van der Waals surface area (Å²) in [4.78, 5) is 11.7. The van der Waals surface area contributed by atoms with E-state index in [1.807, 2.05) is 42.5 Å². The van der Waals surface area contributed by atoms with E-state index in [0.717, 1.165) is 21.8 Å². The van der Waals surface area contributed by atoms with Crippen LogP contribution >= 0.6 is 0 Å². The van der Waals surface area contributed by atoms with Gasteiger partial charge in [-0.25, -0.2) is 4.79 Å². The zero-order chi connectivity index (χ0) is 16.7. The Labute approximate surface area is 137 Å². The third-order valence-electron chi connectivity index (χ3n) is 4.14. The highest BCUT2D eigenvalue weighted by molar-refractivity contribution is 5.97. The minimum Gasteiger partial charge on any atom is -0.477 e. The van der Waals surface area contributed by atoms with Crippen molar-refractivity contribution in [1.82, 2.24) is 4.57 Å². The van der Waals surface area contributed by atoms with Gasteiger partial charge in [0, 0.05) is 11.1 Å². The number of carbonyl (C=O) groups is 1. The third-order valence-corrected chi connectivity index (χ3v) is 4.14. The number of carboxylic acid groups (broad SMARTS) is 1. The fourth-order valence-corrected chi connectivity index (χ4v) is 3.02. The molecule has 4 aromatic rings. The van der Waals surface area contributed by atoms with Crippen molar-refractivity contribution in [1.29, 1.82) is 5.26 Å². The minimum absolute atomic E-state index is 0.176. The first-order valence-electron chi connectivity index (χ1n) is 7.45. The van der Waals surface area contributed by atoms with Crippen molar-refractivity contribution in [3.8, 4) is 11.8 Å². The van der Waals surface area contributed by atoms with E-state index >= 15 is 0 Å². The normalized spacial score (nSPS) is 10.8. The maximum absolute atomic E-state index is 11.7. The summed E-state index contributed by atoms with van der Waals surface area (Å²) in [6.07, 6.45) is 0. The van der Waals surface area contributed by atoms with E-state index in [1.165, 1.54) is 0 Å². The first-order chi connectivity index (χ1) is 11.7. The first kappa shape index (κ1) is 14.0. The Morgan fingerprint density at radius 3 is 2.42 bits per heavy atom. The van der Waals surface area contributed by atoms with Gasteiger partial charge in [-0.3, -0.25) is 0 Å². The average Bonchev–Trinajstić information content (AvgIpc) is 3.00. The van der Waals surface area contributed by atoms with Gasteiger partial charge in [0.2, 0.25) is 0 Å². The molecule has 0 spiro atoms. The highest BCUT2D eigenvalue weighted by Gasteiger charge is 2.16. The summed E-state index contributed by atoms with van der Waals surface area (Å²) in [7, 11) is 0. The Morgan fingerprint density at radius 1 is 0.917 bits per heavy atom. The van der Waals surface area contributed by atoms with Gasteiger partial charge in [0.05, 0.1) is 17.1 Å². The predicted octanol–water partition coefficient (Wildman–Crippen LogP) is 4.35. The standard InChI is InChI=1S/C20H12N2O2/c21-12-13-5-6-16-11-19(20(23)24)22(18(16)9-13)17-8-7-14-3-1-2-4-15(14)10-17/h1-11H,(H,23,24). The summed E-state index contributed by atoms with van der Waals surface area (Å²) < 4.78 is 1.69. The van der Waals surface area contributed by atoms with Crippen LogP contribution < -0.4 is 0 Å². The Morgan fingerprint density at radius 2 is 1.67 bits per heavy atom. The third kappa shape index (κ3) is 2.11. The molecule has 0 atom stereocenters. The molecule has 4 heteroatoms. The molecule has 0 amide bonds. The van der Waals surface area contributed by atoms with E-state index in [4.69, 9.17) is 5.26 Å². The molecule has 0 aliphatic heterocycles. The molecule has 0 fully saturated rings. The highest BCUT2D eigenvalue weighted by Crippen LogP contribution is 2.27. The quantitative estimate of drug-likeness (QED) is 0.598. The van der Waals surface area contributed by atoms with Crippen molar-refractivity contribution in [3.05, 3.63) is 78.0 Å². The number of carboxylic acids is 1. The molecule has 114 valence electrons. The number of aromatic carboxylic acids is 1. The van der Waals surface area contributed by atoms with Gasteiger partial charge < -0.3 is 9.67 Å². The molecule has 1 heterocycles. The summed E-state index contributed by atoms with van der Waals surface area (Å²) in [6.45, 7) is 0. The van der Waals surface area contributed by atoms with Crippen molar-refractivity contribution in [2.45, 2.75) is 0 Å². The molecule has 4 rings (SSSR count). The number of rotatable bonds is 2. The Balaban J connectivity index is 2.07. The van der Waals surface area contributed by atoms with Crippen molar-refractivity contribution in [3.63, 3.8) is 0 Å². The number of aromatic nitrogens is 1. The highest BCUT2D eigenvalue weighted by atomic mass is 16.4. The van der Waals surface area contributed by atoms with E-state index in [2.05, 4.69) is 6.07 Å². The van der Waals surface area contributed by atoms with Crippen LogP contribution in [0.2, 0.25) is 0 Å². The zero-order valence-electron chi connectivity index (χ0n) is 12.6. The first-order valence-corrected chi connectivity index (χ1v) is 7.45. The summed E-state index contributed by atoms with van der Waals surface area (Å²) >= 11 is 0. The van der Waals surface area contributed by atoms with Gasteiger partial charge in [0.1, 0.15) is 5.69 Å². The van der Waals surface area contributed by atoms with Crippen molar-refractivity contribution in [2.75, 3.05) is 0 Å². The maximum atomic E-state index is 11.7. The molecule has 0 aliphatic carbocycles. The van der Waals surface area contributed by atoms with Gasteiger partial charge in [-0.05, 0) is 41.1 Å². The number of fused-ring (bicyclic) bond motifs is 2. The second-order valence-corrected chi connectivity index (χ2v) is 5.59. The number of hydrogen-bond donors (Lipinski definition) is 1. The number of nitriles is 1. The summed E-state index contributed by atoms with van der Waals surface area (Å²) in [6, 6.07) is 22.7. The van der Waals surface area contributed by atoms with Crippen LogP contribution in [0.5, 0.6) is 0 Å². The fraction of sp³-hybridized carbons (Fsp3) is 0. The van der Waals surface area contributed by atoms with Crippen LogP contribution in [0.15, 0.2) is 66.7 Å². The minimum atomic E-state index is -1.00. The molecule has 0 bridgehead atoms. The molecule has 0 saturated heterocycles. The molecule has 1 N–H and O–H groups in total. The molecular weight excluding hydrogens is 300 g/mol. The van der Waals surface area contributed by atoms with Crippen molar-refractivity contribution < 1.29 is 9.90 Å². The van der Waals surface area contributed by atoms with Crippen molar-refractivity contribution in [2.24, 2.45) is 0 Å². The lowest BCUT2D eigenvalue weighted by Gasteiger charge is -2.10. The molecular formula is C20H12N2O2. The van der Waals surface area contributed by atoms with Gasteiger partial charge in [-0.15, -0.1) is 0 Å². The van der Waals surface area contributed by atoms with Gasteiger partial charge >= 0.3 is 5.97 Å². The van der Waals surface area contributed by atoms with Gasteiger partial charge in [0.25, 0.3) is 0 Å². The molecule has 0 saturated carbocycles. The molecule has 4 nitrogen and oxygen atoms in total. The lowest BCUT2D eigenvalue weighted by molar-refractivity contribution is 0.0688.